The van der Waals surface area contributed by atoms with E-state index in [9.17, 15) is 4.39 Å². The number of halogens is 2. The Morgan fingerprint density at radius 2 is 2.00 bits per heavy atom. The normalized spacial score (nSPS) is 10.4. The SMILES string of the molecule is NCCc1cc(F)ccc1Oc1cccc(Cl)c1. The smallest absolute Gasteiger partial charge is 0.130 e. The van der Waals surface area contributed by atoms with Crippen LogP contribution in [0.15, 0.2) is 42.5 Å². The maximum absolute atomic E-state index is 13.2. The number of hydrogen-bond acceptors (Lipinski definition) is 2. The molecule has 0 saturated carbocycles. The minimum absolute atomic E-state index is 0.295. The molecule has 0 aliphatic carbocycles. The molecule has 0 aromatic heterocycles. The first-order valence-corrected chi connectivity index (χ1v) is 5.99. The standard InChI is InChI=1S/C14H13ClFNO/c15-11-2-1-3-13(9-11)18-14-5-4-12(16)8-10(14)6-7-17/h1-5,8-9H,6-7,17H2. The average molecular weight is 266 g/mol. The van der Waals surface area contributed by atoms with Crippen molar-refractivity contribution >= 4 is 11.6 Å². The van der Waals surface area contributed by atoms with Crippen LogP contribution in [0, 0.1) is 5.82 Å². The third-order valence-corrected chi connectivity index (χ3v) is 2.70. The molecule has 0 spiro atoms. The molecule has 4 heteroatoms. The zero-order valence-corrected chi connectivity index (χ0v) is 10.5. The van der Waals surface area contributed by atoms with Crippen molar-refractivity contribution in [3.8, 4) is 11.5 Å². The van der Waals surface area contributed by atoms with Gasteiger partial charge in [-0.15, -0.1) is 0 Å². The highest BCUT2D eigenvalue weighted by Crippen LogP contribution is 2.27. The lowest BCUT2D eigenvalue weighted by molar-refractivity contribution is 0.473. The Morgan fingerprint density at radius 3 is 2.72 bits per heavy atom. The average Bonchev–Trinajstić information content (AvgIpc) is 2.33. The van der Waals surface area contributed by atoms with E-state index in [0.717, 1.165) is 5.56 Å². The second kappa shape index (κ2) is 5.85. The summed E-state index contributed by atoms with van der Waals surface area (Å²) in [5, 5.41) is 0.593. The molecule has 0 aliphatic rings. The Labute approximate surface area is 110 Å². The summed E-state index contributed by atoms with van der Waals surface area (Å²) in [6, 6.07) is 11.5. The van der Waals surface area contributed by atoms with E-state index in [1.54, 1.807) is 30.3 Å². The highest BCUT2D eigenvalue weighted by Gasteiger charge is 2.06. The first kappa shape index (κ1) is 12.9. The Hall–Kier alpha value is -1.58. The summed E-state index contributed by atoms with van der Waals surface area (Å²) in [7, 11) is 0. The highest BCUT2D eigenvalue weighted by molar-refractivity contribution is 6.30. The molecule has 2 N–H and O–H groups in total. The van der Waals surface area contributed by atoms with E-state index < -0.39 is 0 Å². The van der Waals surface area contributed by atoms with Crippen LogP contribution in [-0.2, 0) is 6.42 Å². The van der Waals surface area contributed by atoms with Gasteiger partial charge in [0.1, 0.15) is 17.3 Å². The fourth-order valence-corrected chi connectivity index (χ4v) is 1.84. The molecule has 18 heavy (non-hydrogen) atoms. The number of benzene rings is 2. The van der Waals surface area contributed by atoms with Gasteiger partial charge in [-0.1, -0.05) is 17.7 Å². The molecule has 2 aromatic carbocycles. The van der Waals surface area contributed by atoms with Crippen molar-refractivity contribution in [2.45, 2.75) is 6.42 Å². The maximum Gasteiger partial charge on any atom is 0.130 e. The third kappa shape index (κ3) is 3.22. The van der Waals surface area contributed by atoms with Crippen LogP contribution >= 0.6 is 11.6 Å². The molecule has 2 aromatic rings. The molecule has 0 aliphatic heterocycles. The molecule has 0 bridgehead atoms. The fraction of sp³-hybridized carbons (Fsp3) is 0.143. The van der Waals surface area contributed by atoms with Crippen molar-refractivity contribution in [3.05, 3.63) is 58.9 Å². The van der Waals surface area contributed by atoms with Crippen molar-refractivity contribution in [3.63, 3.8) is 0 Å². The van der Waals surface area contributed by atoms with Crippen LogP contribution < -0.4 is 10.5 Å². The van der Waals surface area contributed by atoms with Crippen LogP contribution in [0.5, 0.6) is 11.5 Å². The lowest BCUT2D eigenvalue weighted by Gasteiger charge is -2.11. The maximum atomic E-state index is 13.2. The second-order valence-electron chi connectivity index (χ2n) is 3.85. The fourth-order valence-electron chi connectivity index (χ4n) is 1.66. The topological polar surface area (TPSA) is 35.2 Å². The number of rotatable bonds is 4. The Morgan fingerprint density at radius 1 is 1.17 bits per heavy atom. The summed E-state index contributed by atoms with van der Waals surface area (Å²) < 4.78 is 18.8. The quantitative estimate of drug-likeness (QED) is 0.913. The van der Waals surface area contributed by atoms with Crippen LogP contribution in [0.25, 0.3) is 0 Å². The van der Waals surface area contributed by atoms with Crippen LogP contribution in [0.2, 0.25) is 5.02 Å². The molecule has 2 nitrogen and oxygen atoms in total. The van der Waals surface area contributed by atoms with Gasteiger partial charge in [0.05, 0.1) is 0 Å². The van der Waals surface area contributed by atoms with Crippen molar-refractivity contribution in [2.75, 3.05) is 6.54 Å². The lowest BCUT2D eigenvalue weighted by Crippen LogP contribution is -2.04. The molecular formula is C14H13ClFNO. The molecule has 0 atom stereocenters. The van der Waals surface area contributed by atoms with Crippen molar-refractivity contribution in [2.24, 2.45) is 5.73 Å². The zero-order valence-electron chi connectivity index (χ0n) is 9.70. The van der Waals surface area contributed by atoms with E-state index in [1.807, 2.05) is 0 Å². The summed E-state index contributed by atoms with van der Waals surface area (Å²) in [6.07, 6.45) is 0.563. The number of nitrogens with two attached hydrogens (primary N) is 1. The first-order valence-electron chi connectivity index (χ1n) is 5.61. The van der Waals surface area contributed by atoms with E-state index in [4.69, 9.17) is 22.1 Å². The molecule has 0 saturated heterocycles. The first-order chi connectivity index (χ1) is 8.69. The van der Waals surface area contributed by atoms with E-state index in [0.29, 0.717) is 29.5 Å². The van der Waals surface area contributed by atoms with Gasteiger partial charge < -0.3 is 10.5 Å². The molecule has 94 valence electrons. The largest absolute Gasteiger partial charge is 0.457 e. The third-order valence-electron chi connectivity index (χ3n) is 2.46. The van der Waals surface area contributed by atoms with Gasteiger partial charge in [-0.3, -0.25) is 0 Å². The minimum atomic E-state index is -0.295. The van der Waals surface area contributed by atoms with Crippen LogP contribution in [0.4, 0.5) is 4.39 Å². The van der Waals surface area contributed by atoms with Crippen LogP contribution in [0.1, 0.15) is 5.56 Å². The Bertz CT molecular complexity index is 545. The Kier molecular flexibility index (Phi) is 4.18. The van der Waals surface area contributed by atoms with E-state index in [2.05, 4.69) is 0 Å². The monoisotopic (exact) mass is 265 g/mol. The highest BCUT2D eigenvalue weighted by atomic mass is 35.5. The minimum Gasteiger partial charge on any atom is -0.457 e. The summed E-state index contributed by atoms with van der Waals surface area (Å²) in [6.45, 7) is 0.440. The second-order valence-corrected chi connectivity index (χ2v) is 4.29. The van der Waals surface area contributed by atoms with Gasteiger partial charge in [-0.2, -0.15) is 0 Å². The van der Waals surface area contributed by atoms with Crippen LogP contribution in [-0.4, -0.2) is 6.54 Å². The van der Waals surface area contributed by atoms with Gasteiger partial charge in [0, 0.05) is 5.02 Å². The summed E-state index contributed by atoms with van der Waals surface area (Å²) in [5.41, 5.74) is 6.25. The molecule has 2 rings (SSSR count). The van der Waals surface area contributed by atoms with E-state index in [1.165, 1.54) is 12.1 Å². The molecule has 0 radical (unpaired) electrons. The zero-order chi connectivity index (χ0) is 13.0. The Balaban J connectivity index is 2.28. The summed E-state index contributed by atoms with van der Waals surface area (Å²) >= 11 is 5.88. The van der Waals surface area contributed by atoms with E-state index in [-0.39, 0.29) is 5.82 Å². The number of hydrogen-bond donors (Lipinski definition) is 1. The predicted molar refractivity (Wildman–Crippen MR) is 70.7 cm³/mol. The van der Waals surface area contributed by atoms with Crippen molar-refractivity contribution < 1.29 is 9.13 Å². The van der Waals surface area contributed by atoms with Gasteiger partial charge in [0.2, 0.25) is 0 Å². The molecular weight excluding hydrogens is 253 g/mol. The molecule has 0 fully saturated rings. The van der Waals surface area contributed by atoms with Gasteiger partial charge in [-0.05, 0) is 54.9 Å². The molecule has 0 unspecified atom stereocenters. The van der Waals surface area contributed by atoms with Gasteiger partial charge in [0.25, 0.3) is 0 Å². The van der Waals surface area contributed by atoms with Crippen molar-refractivity contribution in [1.82, 2.24) is 0 Å². The number of ether oxygens (including phenoxy) is 1. The van der Waals surface area contributed by atoms with Gasteiger partial charge in [0.15, 0.2) is 0 Å². The molecule has 0 amide bonds. The lowest BCUT2D eigenvalue weighted by atomic mass is 10.1. The van der Waals surface area contributed by atoms with Crippen LogP contribution in [0.3, 0.4) is 0 Å². The predicted octanol–water partition coefficient (Wildman–Crippen LogP) is 3.77. The summed E-state index contributed by atoms with van der Waals surface area (Å²) in [4.78, 5) is 0. The van der Waals surface area contributed by atoms with Gasteiger partial charge >= 0.3 is 0 Å². The van der Waals surface area contributed by atoms with Gasteiger partial charge in [-0.25, -0.2) is 4.39 Å². The van der Waals surface area contributed by atoms with Crippen molar-refractivity contribution in [1.29, 1.82) is 0 Å². The van der Waals surface area contributed by atoms with E-state index >= 15 is 0 Å². The summed E-state index contributed by atoms with van der Waals surface area (Å²) in [5.74, 6) is 0.924. The molecule has 0 heterocycles.